The van der Waals surface area contributed by atoms with Gasteiger partial charge in [0.1, 0.15) is 11.3 Å². The Balaban J connectivity index is 1.73. The van der Waals surface area contributed by atoms with Crippen molar-refractivity contribution >= 4 is 17.7 Å². The van der Waals surface area contributed by atoms with Crippen LogP contribution in [0.3, 0.4) is 0 Å². The number of benzene rings is 1. The van der Waals surface area contributed by atoms with Gasteiger partial charge in [-0.1, -0.05) is 29.8 Å². The molecule has 0 spiro atoms. The van der Waals surface area contributed by atoms with Gasteiger partial charge in [0, 0.05) is 19.3 Å². The lowest BCUT2D eigenvalue weighted by Crippen LogP contribution is -2.19. The Labute approximate surface area is 143 Å². The van der Waals surface area contributed by atoms with Gasteiger partial charge in [0.2, 0.25) is 0 Å². The van der Waals surface area contributed by atoms with Crippen LogP contribution in [0.5, 0.6) is 0 Å². The summed E-state index contributed by atoms with van der Waals surface area (Å²) in [6, 6.07) is 9.74. The van der Waals surface area contributed by atoms with Crippen LogP contribution in [0.15, 0.2) is 42.7 Å². The van der Waals surface area contributed by atoms with Gasteiger partial charge < -0.3 is 10.4 Å². The number of hydrogen-bond acceptors (Lipinski definition) is 4. The number of hydrogen-bond donors (Lipinski definition) is 2. The molecular formula is C17H17N5O3. The van der Waals surface area contributed by atoms with Crippen LogP contribution in [-0.2, 0) is 13.6 Å². The van der Waals surface area contributed by atoms with Crippen LogP contribution in [0.1, 0.15) is 32.0 Å². The fourth-order valence-electron chi connectivity index (χ4n) is 2.44. The SMILES string of the molecule is Cc1ccc(Cn2ccc(NC(=O)c3c(C(=O)O)cnn3C)n2)cc1. The zero-order valence-corrected chi connectivity index (χ0v) is 13.8. The zero-order chi connectivity index (χ0) is 18.0. The number of carboxylic acid groups (broad SMARTS) is 1. The first-order chi connectivity index (χ1) is 11.9. The van der Waals surface area contributed by atoms with E-state index < -0.39 is 11.9 Å². The minimum absolute atomic E-state index is 0.0272. The Morgan fingerprint density at radius 2 is 1.92 bits per heavy atom. The van der Waals surface area contributed by atoms with Crippen LogP contribution in [0.2, 0.25) is 0 Å². The van der Waals surface area contributed by atoms with E-state index in [4.69, 9.17) is 5.11 Å². The molecule has 0 aliphatic heterocycles. The third-order valence-electron chi connectivity index (χ3n) is 3.73. The molecule has 1 aromatic carbocycles. The summed E-state index contributed by atoms with van der Waals surface area (Å²) in [4.78, 5) is 23.5. The van der Waals surface area contributed by atoms with E-state index >= 15 is 0 Å². The summed E-state index contributed by atoms with van der Waals surface area (Å²) in [5.41, 5.74) is 2.09. The van der Waals surface area contributed by atoms with E-state index in [-0.39, 0.29) is 11.3 Å². The highest BCUT2D eigenvalue weighted by atomic mass is 16.4. The van der Waals surface area contributed by atoms with Crippen molar-refractivity contribution in [2.45, 2.75) is 13.5 Å². The number of rotatable bonds is 5. The van der Waals surface area contributed by atoms with Crippen molar-refractivity contribution in [3.05, 3.63) is 65.1 Å². The van der Waals surface area contributed by atoms with E-state index in [1.54, 1.807) is 16.9 Å². The predicted molar refractivity (Wildman–Crippen MR) is 90.6 cm³/mol. The summed E-state index contributed by atoms with van der Waals surface area (Å²) in [5.74, 6) is -1.43. The molecule has 3 aromatic rings. The van der Waals surface area contributed by atoms with Crippen molar-refractivity contribution < 1.29 is 14.7 Å². The molecule has 128 valence electrons. The van der Waals surface area contributed by atoms with Crippen LogP contribution in [-0.4, -0.2) is 36.5 Å². The monoisotopic (exact) mass is 339 g/mol. The molecule has 0 atom stereocenters. The van der Waals surface area contributed by atoms with E-state index in [2.05, 4.69) is 15.5 Å². The highest BCUT2D eigenvalue weighted by Gasteiger charge is 2.22. The fourth-order valence-corrected chi connectivity index (χ4v) is 2.44. The van der Waals surface area contributed by atoms with E-state index in [0.29, 0.717) is 12.4 Å². The lowest BCUT2D eigenvalue weighted by atomic mass is 10.1. The molecular weight excluding hydrogens is 322 g/mol. The number of anilines is 1. The molecule has 0 saturated carbocycles. The number of nitrogens with one attached hydrogen (secondary N) is 1. The first-order valence-electron chi connectivity index (χ1n) is 7.59. The van der Waals surface area contributed by atoms with Crippen LogP contribution >= 0.6 is 0 Å². The van der Waals surface area contributed by atoms with Crippen molar-refractivity contribution in [2.24, 2.45) is 7.05 Å². The normalized spacial score (nSPS) is 10.6. The van der Waals surface area contributed by atoms with E-state index in [9.17, 15) is 9.59 Å². The van der Waals surface area contributed by atoms with E-state index in [1.807, 2.05) is 31.2 Å². The van der Waals surface area contributed by atoms with Gasteiger partial charge in [-0.25, -0.2) is 4.79 Å². The Morgan fingerprint density at radius 1 is 1.20 bits per heavy atom. The van der Waals surface area contributed by atoms with Gasteiger partial charge in [0.25, 0.3) is 5.91 Å². The molecule has 8 heteroatoms. The second-order valence-corrected chi connectivity index (χ2v) is 5.67. The van der Waals surface area contributed by atoms with Crippen molar-refractivity contribution in [3.8, 4) is 0 Å². The second-order valence-electron chi connectivity index (χ2n) is 5.67. The van der Waals surface area contributed by atoms with Crippen molar-refractivity contribution in [1.29, 1.82) is 0 Å². The predicted octanol–water partition coefficient (Wildman–Crippen LogP) is 1.92. The molecule has 25 heavy (non-hydrogen) atoms. The fraction of sp³-hybridized carbons (Fsp3) is 0.176. The summed E-state index contributed by atoms with van der Waals surface area (Å²) in [5, 5.41) is 19.8. The molecule has 8 nitrogen and oxygen atoms in total. The van der Waals surface area contributed by atoms with E-state index in [1.165, 1.54) is 17.3 Å². The second kappa shape index (κ2) is 6.60. The number of carbonyl (C=O) groups excluding carboxylic acids is 1. The Hall–Kier alpha value is -3.42. The molecule has 0 bridgehead atoms. The molecule has 2 heterocycles. The number of carboxylic acids is 1. The smallest absolute Gasteiger partial charge is 0.339 e. The minimum Gasteiger partial charge on any atom is -0.478 e. The molecule has 1 amide bonds. The summed E-state index contributed by atoms with van der Waals surface area (Å²) in [6.07, 6.45) is 2.89. The van der Waals surface area contributed by atoms with Crippen molar-refractivity contribution in [3.63, 3.8) is 0 Å². The molecule has 0 saturated heterocycles. The number of aromatic nitrogens is 4. The third-order valence-corrected chi connectivity index (χ3v) is 3.73. The number of carbonyl (C=O) groups is 2. The molecule has 0 unspecified atom stereocenters. The number of aryl methyl sites for hydroxylation is 2. The highest BCUT2D eigenvalue weighted by molar-refractivity contribution is 6.09. The topological polar surface area (TPSA) is 102 Å². The Bertz CT molecular complexity index is 924. The third kappa shape index (κ3) is 3.57. The number of nitrogens with zero attached hydrogens (tertiary/aromatic N) is 4. The quantitative estimate of drug-likeness (QED) is 0.739. The maximum Gasteiger partial charge on any atom is 0.339 e. The maximum absolute atomic E-state index is 12.3. The first kappa shape index (κ1) is 16.4. The lowest BCUT2D eigenvalue weighted by Gasteiger charge is -2.05. The Kier molecular flexibility index (Phi) is 4.34. The van der Waals surface area contributed by atoms with Crippen LogP contribution in [0.4, 0.5) is 5.82 Å². The van der Waals surface area contributed by atoms with Gasteiger partial charge in [-0.3, -0.25) is 14.2 Å². The minimum atomic E-state index is -1.21. The number of aromatic carboxylic acids is 1. The van der Waals surface area contributed by atoms with Gasteiger partial charge in [0.05, 0.1) is 12.7 Å². The van der Waals surface area contributed by atoms with Gasteiger partial charge in [-0.2, -0.15) is 10.2 Å². The molecule has 0 aliphatic rings. The number of amides is 1. The van der Waals surface area contributed by atoms with Crippen LogP contribution in [0.25, 0.3) is 0 Å². The van der Waals surface area contributed by atoms with Crippen molar-refractivity contribution in [1.82, 2.24) is 19.6 Å². The first-order valence-corrected chi connectivity index (χ1v) is 7.59. The highest BCUT2D eigenvalue weighted by Crippen LogP contribution is 2.12. The molecule has 2 aromatic heterocycles. The van der Waals surface area contributed by atoms with Crippen LogP contribution < -0.4 is 5.32 Å². The standard InChI is InChI=1S/C17H17N5O3/c1-11-3-5-12(6-4-11)10-22-8-7-14(20-22)19-16(23)15-13(17(24)25)9-18-21(15)2/h3-9H,10H2,1-2H3,(H,24,25)(H,19,20,23). The summed E-state index contributed by atoms with van der Waals surface area (Å²) < 4.78 is 2.92. The molecule has 0 aliphatic carbocycles. The Morgan fingerprint density at radius 3 is 2.60 bits per heavy atom. The van der Waals surface area contributed by atoms with Gasteiger partial charge in [0.15, 0.2) is 5.82 Å². The largest absolute Gasteiger partial charge is 0.478 e. The van der Waals surface area contributed by atoms with Gasteiger partial charge in [-0.15, -0.1) is 0 Å². The van der Waals surface area contributed by atoms with Gasteiger partial charge >= 0.3 is 5.97 Å². The summed E-state index contributed by atoms with van der Waals surface area (Å²) >= 11 is 0. The molecule has 3 rings (SSSR count). The van der Waals surface area contributed by atoms with Gasteiger partial charge in [-0.05, 0) is 12.5 Å². The molecule has 0 fully saturated rings. The lowest BCUT2D eigenvalue weighted by molar-refractivity contribution is 0.0692. The van der Waals surface area contributed by atoms with Crippen LogP contribution in [0, 0.1) is 6.92 Å². The maximum atomic E-state index is 12.3. The summed E-state index contributed by atoms with van der Waals surface area (Å²) in [6.45, 7) is 2.59. The average molecular weight is 339 g/mol. The molecule has 2 N–H and O–H groups in total. The zero-order valence-electron chi connectivity index (χ0n) is 13.8. The van der Waals surface area contributed by atoms with Crippen molar-refractivity contribution in [2.75, 3.05) is 5.32 Å². The molecule has 0 radical (unpaired) electrons. The average Bonchev–Trinajstić information content (AvgIpc) is 3.16. The van der Waals surface area contributed by atoms with E-state index in [0.717, 1.165) is 11.8 Å². The summed E-state index contributed by atoms with van der Waals surface area (Å²) in [7, 11) is 1.51.